The van der Waals surface area contributed by atoms with Crippen LogP contribution in [0.3, 0.4) is 0 Å². The molecular formula is C11H20N2O5. The lowest BCUT2D eigenvalue weighted by atomic mass is 10.2. The fraction of sp³-hybridized carbons (Fsp3) is 0.818. The van der Waals surface area contributed by atoms with E-state index >= 15 is 0 Å². The minimum absolute atomic E-state index is 0.176. The minimum Gasteiger partial charge on any atom is -0.480 e. The van der Waals surface area contributed by atoms with Crippen LogP contribution in [0.25, 0.3) is 0 Å². The summed E-state index contributed by atoms with van der Waals surface area (Å²) in [6, 6.07) is 0. The number of carboxylic acids is 1. The van der Waals surface area contributed by atoms with E-state index in [4.69, 9.17) is 14.6 Å². The highest BCUT2D eigenvalue weighted by molar-refractivity contribution is 5.81. The van der Waals surface area contributed by atoms with Crippen molar-refractivity contribution in [3.63, 3.8) is 0 Å². The molecule has 1 aliphatic rings. The summed E-state index contributed by atoms with van der Waals surface area (Å²) >= 11 is 0. The number of morpholine rings is 1. The molecule has 1 rings (SSSR count). The summed E-state index contributed by atoms with van der Waals surface area (Å²) in [7, 11) is 1.51. The molecular weight excluding hydrogens is 240 g/mol. The Morgan fingerprint density at radius 2 is 2.33 bits per heavy atom. The van der Waals surface area contributed by atoms with Gasteiger partial charge in [0.15, 0.2) is 0 Å². The van der Waals surface area contributed by atoms with Gasteiger partial charge in [0.1, 0.15) is 6.54 Å². The Morgan fingerprint density at radius 3 is 2.89 bits per heavy atom. The number of hydrogen-bond acceptors (Lipinski definition) is 5. The molecule has 2 N–H and O–H groups in total. The molecule has 1 amide bonds. The van der Waals surface area contributed by atoms with E-state index in [1.807, 2.05) is 0 Å². The number of ether oxygens (including phenoxy) is 2. The Hall–Kier alpha value is -1.18. The maximum absolute atomic E-state index is 12.0. The van der Waals surface area contributed by atoms with Crippen molar-refractivity contribution < 1.29 is 24.2 Å². The number of amides is 1. The molecule has 0 saturated carbocycles. The monoisotopic (exact) mass is 260 g/mol. The first-order valence-corrected chi connectivity index (χ1v) is 5.94. The van der Waals surface area contributed by atoms with Gasteiger partial charge in [-0.05, 0) is 0 Å². The van der Waals surface area contributed by atoms with E-state index in [1.165, 1.54) is 12.0 Å². The fourth-order valence-corrected chi connectivity index (χ4v) is 1.73. The molecule has 1 heterocycles. The Balaban J connectivity index is 2.43. The molecule has 1 aliphatic heterocycles. The molecule has 1 saturated heterocycles. The predicted molar refractivity (Wildman–Crippen MR) is 63.3 cm³/mol. The molecule has 0 aromatic carbocycles. The highest BCUT2D eigenvalue weighted by Crippen LogP contribution is 2.05. The number of carbonyl (C=O) groups excluding carboxylic acids is 1. The van der Waals surface area contributed by atoms with Gasteiger partial charge in [-0.25, -0.2) is 0 Å². The van der Waals surface area contributed by atoms with Crippen molar-refractivity contribution in [3.8, 4) is 0 Å². The number of aliphatic carboxylic acids is 1. The van der Waals surface area contributed by atoms with E-state index in [0.29, 0.717) is 19.8 Å². The van der Waals surface area contributed by atoms with E-state index in [9.17, 15) is 9.59 Å². The second-order valence-electron chi connectivity index (χ2n) is 4.10. The summed E-state index contributed by atoms with van der Waals surface area (Å²) in [4.78, 5) is 23.9. The van der Waals surface area contributed by atoms with Gasteiger partial charge in [0.2, 0.25) is 5.91 Å². The highest BCUT2D eigenvalue weighted by Gasteiger charge is 2.22. The standard InChI is InChI=1S/C11H20N2O5/c1-17-5-3-13(8-11(15)16)10(14)6-9-7-12-2-4-18-9/h9,12H,2-8H2,1H3,(H,15,16). The van der Waals surface area contributed by atoms with E-state index in [-0.39, 0.29) is 31.5 Å². The zero-order valence-corrected chi connectivity index (χ0v) is 10.6. The highest BCUT2D eigenvalue weighted by atomic mass is 16.5. The van der Waals surface area contributed by atoms with Gasteiger partial charge in [0, 0.05) is 26.7 Å². The molecule has 0 radical (unpaired) electrons. The Kier molecular flexibility index (Phi) is 6.63. The summed E-state index contributed by atoms with van der Waals surface area (Å²) < 4.78 is 10.3. The summed E-state index contributed by atoms with van der Waals surface area (Å²) in [5, 5.41) is 11.9. The molecule has 7 heteroatoms. The molecule has 7 nitrogen and oxygen atoms in total. The first-order valence-electron chi connectivity index (χ1n) is 5.94. The lowest BCUT2D eigenvalue weighted by Crippen LogP contribution is -2.44. The summed E-state index contributed by atoms with van der Waals surface area (Å²) in [6.45, 7) is 2.28. The third-order valence-corrected chi connectivity index (χ3v) is 2.65. The van der Waals surface area contributed by atoms with Crippen LogP contribution in [-0.2, 0) is 19.1 Å². The van der Waals surface area contributed by atoms with Crippen molar-refractivity contribution in [2.45, 2.75) is 12.5 Å². The van der Waals surface area contributed by atoms with E-state index in [0.717, 1.165) is 6.54 Å². The number of carboxylic acid groups (broad SMARTS) is 1. The van der Waals surface area contributed by atoms with Crippen molar-refractivity contribution in [2.24, 2.45) is 0 Å². The lowest BCUT2D eigenvalue weighted by molar-refractivity contribution is -0.146. The molecule has 104 valence electrons. The maximum atomic E-state index is 12.0. The second-order valence-corrected chi connectivity index (χ2v) is 4.10. The van der Waals surface area contributed by atoms with Crippen LogP contribution >= 0.6 is 0 Å². The minimum atomic E-state index is -1.03. The largest absolute Gasteiger partial charge is 0.480 e. The molecule has 1 fully saturated rings. The van der Waals surface area contributed by atoms with Gasteiger partial charge in [0.25, 0.3) is 0 Å². The third kappa shape index (κ3) is 5.44. The average Bonchev–Trinajstić information content (AvgIpc) is 2.35. The zero-order valence-electron chi connectivity index (χ0n) is 10.6. The molecule has 0 spiro atoms. The van der Waals surface area contributed by atoms with Crippen molar-refractivity contribution in [1.29, 1.82) is 0 Å². The van der Waals surface area contributed by atoms with Crippen molar-refractivity contribution >= 4 is 11.9 Å². The normalized spacial score (nSPS) is 19.5. The van der Waals surface area contributed by atoms with Crippen molar-refractivity contribution in [1.82, 2.24) is 10.2 Å². The fourth-order valence-electron chi connectivity index (χ4n) is 1.73. The first kappa shape index (κ1) is 14.9. The van der Waals surface area contributed by atoms with E-state index < -0.39 is 5.97 Å². The molecule has 1 atom stereocenters. The summed E-state index contributed by atoms with van der Waals surface area (Å²) in [5.74, 6) is -1.25. The quantitative estimate of drug-likeness (QED) is 0.605. The molecule has 1 unspecified atom stereocenters. The number of methoxy groups -OCH3 is 1. The third-order valence-electron chi connectivity index (χ3n) is 2.65. The van der Waals surface area contributed by atoms with Crippen LogP contribution < -0.4 is 5.32 Å². The van der Waals surface area contributed by atoms with E-state index in [2.05, 4.69) is 5.32 Å². The lowest BCUT2D eigenvalue weighted by Gasteiger charge is -2.26. The van der Waals surface area contributed by atoms with Crippen LogP contribution in [-0.4, -0.2) is 74.5 Å². The first-order chi connectivity index (χ1) is 8.63. The SMILES string of the molecule is COCCN(CC(=O)O)C(=O)CC1CNCCO1. The Morgan fingerprint density at radius 1 is 1.56 bits per heavy atom. The molecule has 0 aliphatic carbocycles. The zero-order chi connectivity index (χ0) is 13.4. The molecule has 0 bridgehead atoms. The van der Waals surface area contributed by atoms with Gasteiger partial charge >= 0.3 is 5.97 Å². The second kappa shape index (κ2) is 8.02. The topological polar surface area (TPSA) is 88.1 Å². The van der Waals surface area contributed by atoms with Crippen molar-refractivity contribution in [2.75, 3.05) is 46.5 Å². The molecule has 0 aromatic rings. The number of nitrogens with zero attached hydrogens (tertiary/aromatic N) is 1. The van der Waals surface area contributed by atoms with Gasteiger partial charge < -0.3 is 24.8 Å². The van der Waals surface area contributed by atoms with Crippen LogP contribution in [0.4, 0.5) is 0 Å². The number of rotatable bonds is 7. The Bertz CT molecular complexity index is 279. The smallest absolute Gasteiger partial charge is 0.323 e. The summed E-state index contributed by atoms with van der Waals surface area (Å²) in [5.41, 5.74) is 0. The molecule has 18 heavy (non-hydrogen) atoms. The number of hydrogen-bond donors (Lipinski definition) is 2. The Labute approximate surface area is 106 Å². The van der Waals surface area contributed by atoms with Crippen LogP contribution in [0.2, 0.25) is 0 Å². The summed E-state index contributed by atoms with van der Waals surface area (Å²) in [6.07, 6.45) is 0.0226. The van der Waals surface area contributed by atoms with Gasteiger partial charge in [-0.3, -0.25) is 9.59 Å². The van der Waals surface area contributed by atoms with Crippen LogP contribution in [0.15, 0.2) is 0 Å². The average molecular weight is 260 g/mol. The number of carbonyl (C=O) groups is 2. The van der Waals surface area contributed by atoms with E-state index in [1.54, 1.807) is 0 Å². The number of nitrogens with one attached hydrogen (secondary N) is 1. The maximum Gasteiger partial charge on any atom is 0.323 e. The molecule has 0 aromatic heterocycles. The van der Waals surface area contributed by atoms with Crippen LogP contribution in [0.1, 0.15) is 6.42 Å². The van der Waals surface area contributed by atoms with Crippen LogP contribution in [0.5, 0.6) is 0 Å². The van der Waals surface area contributed by atoms with Gasteiger partial charge in [-0.15, -0.1) is 0 Å². The van der Waals surface area contributed by atoms with Gasteiger partial charge in [-0.2, -0.15) is 0 Å². The van der Waals surface area contributed by atoms with Crippen LogP contribution in [0, 0.1) is 0 Å². The van der Waals surface area contributed by atoms with Crippen molar-refractivity contribution in [3.05, 3.63) is 0 Å². The van der Waals surface area contributed by atoms with Gasteiger partial charge in [0.05, 0.1) is 25.7 Å². The predicted octanol–water partition coefficient (Wildman–Crippen LogP) is -1.08. The van der Waals surface area contributed by atoms with Gasteiger partial charge in [-0.1, -0.05) is 0 Å².